The van der Waals surface area contributed by atoms with Crippen molar-refractivity contribution in [3.8, 4) is 0 Å². The number of rotatable bonds is 6. The summed E-state index contributed by atoms with van der Waals surface area (Å²) in [4.78, 5) is 0. The first-order valence-corrected chi connectivity index (χ1v) is 6.32. The van der Waals surface area contributed by atoms with Crippen molar-refractivity contribution in [1.82, 2.24) is 15.1 Å². The number of aryl methyl sites for hydroxylation is 2. The molecule has 0 amide bonds. The van der Waals surface area contributed by atoms with Gasteiger partial charge in [-0.1, -0.05) is 13.8 Å². The quantitative estimate of drug-likeness (QED) is 0.802. The van der Waals surface area contributed by atoms with Gasteiger partial charge in [0.15, 0.2) is 0 Å². The second-order valence-corrected chi connectivity index (χ2v) is 4.49. The maximum atomic E-state index is 4.44. The molecule has 0 atom stereocenters. The lowest BCUT2D eigenvalue weighted by atomic mass is 10.1. The van der Waals surface area contributed by atoms with Gasteiger partial charge in [0.1, 0.15) is 0 Å². The Morgan fingerprint density at radius 1 is 1.25 bits per heavy atom. The van der Waals surface area contributed by atoms with E-state index in [1.54, 1.807) is 0 Å². The lowest BCUT2D eigenvalue weighted by Crippen LogP contribution is -2.29. The van der Waals surface area contributed by atoms with Crippen LogP contribution in [0, 0.1) is 13.8 Å². The summed E-state index contributed by atoms with van der Waals surface area (Å²) in [5.74, 6) is 0. The topological polar surface area (TPSA) is 29.9 Å². The van der Waals surface area contributed by atoms with Gasteiger partial charge in [0, 0.05) is 18.8 Å². The van der Waals surface area contributed by atoms with E-state index in [4.69, 9.17) is 0 Å². The summed E-state index contributed by atoms with van der Waals surface area (Å²) in [5.41, 5.74) is 3.87. The number of nitrogens with zero attached hydrogens (tertiary/aromatic N) is 2. The van der Waals surface area contributed by atoms with E-state index >= 15 is 0 Å². The summed E-state index contributed by atoms with van der Waals surface area (Å²) in [6.07, 6.45) is 3.50. The molecule has 0 saturated carbocycles. The maximum Gasteiger partial charge on any atom is 0.0628 e. The summed E-state index contributed by atoms with van der Waals surface area (Å²) in [7, 11) is 2.01. The van der Waals surface area contributed by atoms with Crippen molar-refractivity contribution in [1.29, 1.82) is 0 Å². The molecule has 0 bridgehead atoms. The zero-order chi connectivity index (χ0) is 12.1. The first-order valence-electron chi connectivity index (χ1n) is 6.32. The van der Waals surface area contributed by atoms with Crippen molar-refractivity contribution in [2.75, 3.05) is 6.54 Å². The van der Waals surface area contributed by atoms with Crippen molar-refractivity contribution in [2.24, 2.45) is 7.05 Å². The number of nitrogens with one attached hydrogen (secondary N) is 1. The van der Waals surface area contributed by atoms with Gasteiger partial charge in [-0.25, -0.2) is 0 Å². The molecule has 3 heteroatoms. The zero-order valence-electron chi connectivity index (χ0n) is 11.3. The van der Waals surface area contributed by atoms with Gasteiger partial charge in [-0.3, -0.25) is 4.68 Å². The molecule has 92 valence electrons. The minimum Gasteiger partial charge on any atom is -0.314 e. The van der Waals surface area contributed by atoms with Crippen molar-refractivity contribution < 1.29 is 0 Å². The smallest absolute Gasteiger partial charge is 0.0628 e. The van der Waals surface area contributed by atoms with Crippen LogP contribution in [-0.2, 0) is 13.5 Å². The molecule has 1 heterocycles. The monoisotopic (exact) mass is 223 g/mol. The molecule has 1 aromatic heterocycles. The average Bonchev–Trinajstić information content (AvgIpc) is 2.50. The standard InChI is InChI=1S/C13H25N3/c1-6-12(7-2)14-9-8-13-10(3)15-16(5)11(13)4/h12,14H,6-9H2,1-5H3. The zero-order valence-corrected chi connectivity index (χ0v) is 11.3. The third-order valence-electron chi connectivity index (χ3n) is 3.45. The Morgan fingerprint density at radius 2 is 1.88 bits per heavy atom. The third kappa shape index (κ3) is 3.08. The van der Waals surface area contributed by atoms with Crippen LogP contribution in [0.25, 0.3) is 0 Å². The molecule has 16 heavy (non-hydrogen) atoms. The molecular formula is C13H25N3. The van der Waals surface area contributed by atoms with Crippen LogP contribution in [0.1, 0.15) is 43.6 Å². The molecule has 3 nitrogen and oxygen atoms in total. The molecule has 0 aliphatic rings. The molecule has 0 aliphatic carbocycles. The molecule has 0 unspecified atom stereocenters. The Hall–Kier alpha value is -0.830. The summed E-state index contributed by atoms with van der Waals surface area (Å²) >= 11 is 0. The van der Waals surface area contributed by atoms with Crippen molar-refractivity contribution in [3.05, 3.63) is 17.0 Å². The van der Waals surface area contributed by atoms with Crippen LogP contribution in [0.15, 0.2) is 0 Å². The Kier molecular flexibility index (Phi) is 5.00. The minimum absolute atomic E-state index is 0.664. The van der Waals surface area contributed by atoms with E-state index in [0.29, 0.717) is 6.04 Å². The van der Waals surface area contributed by atoms with Crippen molar-refractivity contribution in [2.45, 2.75) is 53.0 Å². The molecule has 1 aromatic rings. The van der Waals surface area contributed by atoms with E-state index in [-0.39, 0.29) is 0 Å². The average molecular weight is 223 g/mol. The summed E-state index contributed by atoms with van der Waals surface area (Å²) in [6.45, 7) is 9.77. The fourth-order valence-corrected chi connectivity index (χ4v) is 2.16. The summed E-state index contributed by atoms with van der Waals surface area (Å²) in [6, 6.07) is 0.664. The fraction of sp³-hybridized carbons (Fsp3) is 0.769. The molecule has 1 N–H and O–H groups in total. The summed E-state index contributed by atoms with van der Waals surface area (Å²) < 4.78 is 1.97. The SMILES string of the molecule is CCC(CC)NCCc1c(C)nn(C)c1C. The first kappa shape index (κ1) is 13.2. The van der Waals surface area contributed by atoms with Gasteiger partial charge in [0.25, 0.3) is 0 Å². The molecule has 0 aliphatic heterocycles. The van der Waals surface area contributed by atoms with Gasteiger partial charge >= 0.3 is 0 Å². The van der Waals surface area contributed by atoms with Gasteiger partial charge in [-0.05, 0) is 45.2 Å². The van der Waals surface area contributed by atoms with Gasteiger partial charge in [-0.15, -0.1) is 0 Å². The minimum atomic E-state index is 0.664. The molecule has 0 spiro atoms. The highest BCUT2D eigenvalue weighted by Crippen LogP contribution is 2.12. The Bertz CT molecular complexity index is 324. The van der Waals surface area contributed by atoms with Crippen LogP contribution in [0.5, 0.6) is 0 Å². The molecule has 0 saturated heterocycles. The highest BCUT2D eigenvalue weighted by molar-refractivity contribution is 5.24. The lowest BCUT2D eigenvalue weighted by Gasteiger charge is -2.14. The van der Waals surface area contributed by atoms with Gasteiger partial charge in [0.05, 0.1) is 5.69 Å². The molecular weight excluding hydrogens is 198 g/mol. The van der Waals surface area contributed by atoms with E-state index in [1.807, 2.05) is 11.7 Å². The van der Waals surface area contributed by atoms with Crippen LogP contribution in [-0.4, -0.2) is 22.4 Å². The second-order valence-electron chi connectivity index (χ2n) is 4.49. The number of hydrogen-bond acceptors (Lipinski definition) is 2. The van der Waals surface area contributed by atoms with Crippen LogP contribution in [0.4, 0.5) is 0 Å². The molecule has 0 fully saturated rings. The largest absolute Gasteiger partial charge is 0.314 e. The number of aromatic nitrogens is 2. The summed E-state index contributed by atoms with van der Waals surface area (Å²) in [5, 5.41) is 8.03. The predicted molar refractivity (Wildman–Crippen MR) is 68.8 cm³/mol. The van der Waals surface area contributed by atoms with Crippen LogP contribution in [0.2, 0.25) is 0 Å². The number of hydrogen-bond donors (Lipinski definition) is 1. The van der Waals surface area contributed by atoms with Crippen molar-refractivity contribution in [3.63, 3.8) is 0 Å². The Balaban J connectivity index is 2.48. The predicted octanol–water partition coefficient (Wildman–Crippen LogP) is 2.36. The Morgan fingerprint density at radius 3 is 2.31 bits per heavy atom. The maximum absolute atomic E-state index is 4.44. The van der Waals surface area contributed by atoms with Crippen LogP contribution < -0.4 is 5.32 Å². The highest BCUT2D eigenvalue weighted by atomic mass is 15.3. The van der Waals surface area contributed by atoms with E-state index < -0.39 is 0 Å². The first-order chi connectivity index (χ1) is 7.60. The van der Waals surface area contributed by atoms with E-state index in [0.717, 1.165) is 13.0 Å². The van der Waals surface area contributed by atoms with Crippen LogP contribution >= 0.6 is 0 Å². The molecule has 1 rings (SSSR count). The second kappa shape index (κ2) is 6.04. The van der Waals surface area contributed by atoms with E-state index in [9.17, 15) is 0 Å². The van der Waals surface area contributed by atoms with Gasteiger partial charge in [-0.2, -0.15) is 5.10 Å². The molecule has 0 radical (unpaired) electrons. The highest BCUT2D eigenvalue weighted by Gasteiger charge is 2.09. The van der Waals surface area contributed by atoms with Crippen molar-refractivity contribution >= 4 is 0 Å². The van der Waals surface area contributed by atoms with Gasteiger partial charge < -0.3 is 5.32 Å². The fourth-order valence-electron chi connectivity index (χ4n) is 2.16. The normalized spacial score (nSPS) is 11.4. The lowest BCUT2D eigenvalue weighted by molar-refractivity contribution is 0.487. The van der Waals surface area contributed by atoms with Crippen LogP contribution in [0.3, 0.4) is 0 Å². The van der Waals surface area contributed by atoms with E-state index in [2.05, 4.69) is 38.1 Å². The molecule has 0 aromatic carbocycles. The Labute approximate surface area is 99.2 Å². The van der Waals surface area contributed by atoms with Gasteiger partial charge in [0.2, 0.25) is 0 Å². The van der Waals surface area contributed by atoms with E-state index in [1.165, 1.54) is 29.8 Å². The third-order valence-corrected chi connectivity index (χ3v) is 3.45.